The number of phenolic OH excluding ortho intramolecular Hbond substituents is 1. The fourth-order valence-electron chi connectivity index (χ4n) is 1.53. The lowest BCUT2D eigenvalue weighted by molar-refractivity contribution is 0.102. The molecule has 0 fully saturated rings. The molecule has 0 radical (unpaired) electrons. The van der Waals surface area contributed by atoms with Gasteiger partial charge in [-0.1, -0.05) is 11.6 Å². The second-order valence-electron chi connectivity index (χ2n) is 3.82. The molecule has 4 nitrogen and oxygen atoms in total. The number of aromatic hydroxyl groups is 1. The van der Waals surface area contributed by atoms with Crippen molar-refractivity contribution in [2.75, 3.05) is 5.32 Å². The number of aromatic nitrogens is 1. The number of phenols is 1. The van der Waals surface area contributed by atoms with Crippen LogP contribution in [-0.4, -0.2) is 16.0 Å². The van der Waals surface area contributed by atoms with Gasteiger partial charge in [0, 0.05) is 17.4 Å². The standard InChI is InChI=1S/C13H11ClN2O2/c1-8-6-10(17)2-3-11(8)16-13(18)9-4-5-15-12(14)7-9/h2-7,17H,1H3,(H,16,18). The molecule has 1 amide bonds. The number of carbonyl (C=O) groups is 1. The van der Waals surface area contributed by atoms with E-state index in [1.165, 1.54) is 18.3 Å². The van der Waals surface area contributed by atoms with E-state index in [2.05, 4.69) is 10.3 Å². The van der Waals surface area contributed by atoms with Crippen molar-refractivity contribution in [1.29, 1.82) is 0 Å². The average Bonchev–Trinajstić information content (AvgIpc) is 2.32. The van der Waals surface area contributed by atoms with Crippen molar-refractivity contribution < 1.29 is 9.90 Å². The van der Waals surface area contributed by atoms with Crippen molar-refractivity contribution in [2.45, 2.75) is 6.92 Å². The number of benzene rings is 1. The molecule has 0 unspecified atom stereocenters. The van der Waals surface area contributed by atoms with Crippen molar-refractivity contribution in [3.8, 4) is 5.75 Å². The van der Waals surface area contributed by atoms with Crippen molar-refractivity contribution in [3.63, 3.8) is 0 Å². The zero-order valence-electron chi connectivity index (χ0n) is 9.64. The first-order valence-corrected chi connectivity index (χ1v) is 5.66. The Kier molecular flexibility index (Phi) is 3.48. The zero-order chi connectivity index (χ0) is 13.1. The number of hydrogen-bond acceptors (Lipinski definition) is 3. The molecule has 2 aromatic rings. The van der Waals surface area contributed by atoms with E-state index in [0.29, 0.717) is 11.3 Å². The summed E-state index contributed by atoms with van der Waals surface area (Å²) >= 11 is 5.72. The van der Waals surface area contributed by atoms with Gasteiger partial charge in [0.2, 0.25) is 0 Å². The minimum absolute atomic E-state index is 0.164. The van der Waals surface area contributed by atoms with Crippen molar-refractivity contribution in [2.24, 2.45) is 0 Å². The number of aryl methyl sites for hydroxylation is 1. The van der Waals surface area contributed by atoms with Crippen LogP contribution in [0.25, 0.3) is 0 Å². The summed E-state index contributed by atoms with van der Waals surface area (Å²) in [4.78, 5) is 15.8. The van der Waals surface area contributed by atoms with E-state index < -0.39 is 0 Å². The highest BCUT2D eigenvalue weighted by Gasteiger charge is 2.08. The van der Waals surface area contributed by atoms with E-state index in [9.17, 15) is 9.90 Å². The van der Waals surface area contributed by atoms with Crippen LogP contribution in [0, 0.1) is 6.92 Å². The number of pyridine rings is 1. The van der Waals surface area contributed by atoms with E-state index in [1.54, 1.807) is 25.1 Å². The molecule has 0 aliphatic rings. The predicted molar refractivity (Wildman–Crippen MR) is 70.0 cm³/mol. The van der Waals surface area contributed by atoms with Crippen LogP contribution in [0.3, 0.4) is 0 Å². The second-order valence-corrected chi connectivity index (χ2v) is 4.21. The molecule has 1 aromatic heterocycles. The van der Waals surface area contributed by atoms with E-state index in [4.69, 9.17) is 11.6 Å². The van der Waals surface area contributed by atoms with E-state index in [0.717, 1.165) is 5.56 Å². The number of halogens is 1. The van der Waals surface area contributed by atoms with E-state index in [1.807, 2.05) is 0 Å². The average molecular weight is 263 g/mol. The summed E-state index contributed by atoms with van der Waals surface area (Å²) in [6.07, 6.45) is 1.47. The van der Waals surface area contributed by atoms with Gasteiger partial charge in [0.25, 0.3) is 5.91 Å². The summed E-state index contributed by atoms with van der Waals surface area (Å²) in [6, 6.07) is 7.81. The van der Waals surface area contributed by atoms with Crippen LogP contribution in [0.4, 0.5) is 5.69 Å². The normalized spacial score (nSPS) is 10.1. The predicted octanol–water partition coefficient (Wildman–Crippen LogP) is 3.00. The van der Waals surface area contributed by atoms with Gasteiger partial charge in [-0.25, -0.2) is 4.98 Å². The molecule has 0 saturated carbocycles. The van der Waals surface area contributed by atoms with Gasteiger partial charge in [-0.15, -0.1) is 0 Å². The Morgan fingerprint density at radius 1 is 1.33 bits per heavy atom. The van der Waals surface area contributed by atoms with Gasteiger partial charge < -0.3 is 10.4 Å². The highest BCUT2D eigenvalue weighted by Crippen LogP contribution is 2.21. The molecule has 2 N–H and O–H groups in total. The number of anilines is 1. The zero-order valence-corrected chi connectivity index (χ0v) is 10.4. The van der Waals surface area contributed by atoms with Gasteiger partial charge in [-0.3, -0.25) is 4.79 Å². The second kappa shape index (κ2) is 5.06. The van der Waals surface area contributed by atoms with Crippen LogP contribution in [0.2, 0.25) is 5.15 Å². The van der Waals surface area contributed by atoms with E-state index >= 15 is 0 Å². The topological polar surface area (TPSA) is 62.2 Å². The van der Waals surface area contributed by atoms with Crippen LogP contribution in [-0.2, 0) is 0 Å². The summed E-state index contributed by atoms with van der Waals surface area (Å²) in [5, 5.41) is 12.3. The Bertz CT molecular complexity index is 599. The summed E-state index contributed by atoms with van der Waals surface area (Å²) in [6.45, 7) is 1.80. The largest absolute Gasteiger partial charge is 0.508 e. The molecule has 18 heavy (non-hydrogen) atoms. The maximum absolute atomic E-state index is 11.9. The smallest absolute Gasteiger partial charge is 0.255 e. The molecular formula is C13H11ClN2O2. The van der Waals surface area contributed by atoms with Crippen LogP contribution < -0.4 is 5.32 Å². The van der Waals surface area contributed by atoms with Gasteiger partial charge >= 0.3 is 0 Å². The molecular weight excluding hydrogens is 252 g/mol. The van der Waals surface area contributed by atoms with Gasteiger partial charge in [0.15, 0.2) is 0 Å². The molecule has 5 heteroatoms. The number of nitrogens with zero attached hydrogens (tertiary/aromatic N) is 1. The van der Waals surface area contributed by atoms with Gasteiger partial charge in [-0.2, -0.15) is 0 Å². The Morgan fingerprint density at radius 3 is 2.78 bits per heavy atom. The van der Waals surface area contributed by atoms with Crippen molar-refractivity contribution >= 4 is 23.2 Å². The van der Waals surface area contributed by atoms with Gasteiger partial charge in [0.1, 0.15) is 10.9 Å². The number of amides is 1. The fraction of sp³-hybridized carbons (Fsp3) is 0.0769. The minimum Gasteiger partial charge on any atom is -0.508 e. The van der Waals surface area contributed by atoms with E-state index in [-0.39, 0.29) is 16.8 Å². The highest BCUT2D eigenvalue weighted by molar-refractivity contribution is 6.29. The van der Waals surface area contributed by atoms with Gasteiger partial charge in [0.05, 0.1) is 0 Å². The maximum Gasteiger partial charge on any atom is 0.255 e. The van der Waals surface area contributed by atoms with Gasteiger partial charge in [-0.05, 0) is 42.8 Å². The SMILES string of the molecule is Cc1cc(O)ccc1NC(=O)c1ccnc(Cl)c1. The fourth-order valence-corrected chi connectivity index (χ4v) is 1.70. The first kappa shape index (κ1) is 12.4. The Balaban J connectivity index is 2.21. The number of hydrogen-bond donors (Lipinski definition) is 2. The van der Waals surface area contributed by atoms with Crippen LogP contribution >= 0.6 is 11.6 Å². The monoisotopic (exact) mass is 262 g/mol. The lowest BCUT2D eigenvalue weighted by Gasteiger charge is -2.08. The maximum atomic E-state index is 11.9. The highest BCUT2D eigenvalue weighted by atomic mass is 35.5. The molecule has 1 aromatic carbocycles. The lowest BCUT2D eigenvalue weighted by atomic mass is 10.1. The molecule has 0 saturated heterocycles. The Morgan fingerprint density at radius 2 is 2.11 bits per heavy atom. The molecule has 1 heterocycles. The molecule has 0 spiro atoms. The molecule has 92 valence electrons. The number of rotatable bonds is 2. The third-order valence-electron chi connectivity index (χ3n) is 2.45. The van der Waals surface area contributed by atoms with Crippen LogP contribution in [0.1, 0.15) is 15.9 Å². The van der Waals surface area contributed by atoms with Crippen molar-refractivity contribution in [1.82, 2.24) is 4.98 Å². The van der Waals surface area contributed by atoms with Crippen LogP contribution in [0.5, 0.6) is 5.75 Å². The molecule has 0 aliphatic carbocycles. The first-order chi connectivity index (χ1) is 8.56. The van der Waals surface area contributed by atoms with Crippen LogP contribution in [0.15, 0.2) is 36.5 Å². The lowest BCUT2D eigenvalue weighted by Crippen LogP contribution is -2.12. The summed E-state index contributed by atoms with van der Waals surface area (Å²) in [5.41, 5.74) is 1.86. The minimum atomic E-state index is -0.270. The molecule has 2 rings (SSSR count). The Labute approximate surface area is 109 Å². The number of nitrogens with one attached hydrogen (secondary N) is 1. The summed E-state index contributed by atoms with van der Waals surface area (Å²) in [5.74, 6) is -0.106. The summed E-state index contributed by atoms with van der Waals surface area (Å²) < 4.78 is 0. The third-order valence-corrected chi connectivity index (χ3v) is 2.65. The third kappa shape index (κ3) is 2.78. The number of carbonyl (C=O) groups excluding carboxylic acids is 1. The molecule has 0 atom stereocenters. The molecule has 0 aliphatic heterocycles. The summed E-state index contributed by atoms with van der Waals surface area (Å²) in [7, 11) is 0. The first-order valence-electron chi connectivity index (χ1n) is 5.29. The van der Waals surface area contributed by atoms with Crippen molar-refractivity contribution in [3.05, 3.63) is 52.8 Å². The Hall–Kier alpha value is -2.07. The quantitative estimate of drug-likeness (QED) is 0.646. The molecule has 0 bridgehead atoms.